The minimum Gasteiger partial charge on any atom is -0.325 e. The molecule has 2 rings (SSSR count). The molecule has 1 aromatic carbocycles. The third-order valence-corrected chi connectivity index (χ3v) is 4.30. The number of aromatic nitrogens is 3. The summed E-state index contributed by atoms with van der Waals surface area (Å²) in [5.74, 6) is -0.0325. The van der Waals surface area contributed by atoms with Crippen molar-refractivity contribution < 1.29 is 4.79 Å². The number of nitrogens with one attached hydrogen (secondary N) is 1. The van der Waals surface area contributed by atoms with Crippen LogP contribution in [-0.4, -0.2) is 25.9 Å². The summed E-state index contributed by atoms with van der Waals surface area (Å²) >= 11 is 1.41. The van der Waals surface area contributed by atoms with Crippen molar-refractivity contribution in [3.63, 3.8) is 0 Å². The van der Waals surface area contributed by atoms with Crippen LogP contribution < -0.4 is 5.32 Å². The number of hydrogen-bond donors (Lipinski definition) is 1. The number of hydrogen-bond acceptors (Lipinski definition) is 4. The first-order chi connectivity index (χ1) is 10.1. The highest BCUT2D eigenvalue weighted by Gasteiger charge is 2.17. The van der Waals surface area contributed by atoms with Gasteiger partial charge in [0.15, 0.2) is 5.16 Å². The Hall–Kier alpha value is -1.82. The quantitative estimate of drug-likeness (QED) is 0.834. The summed E-state index contributed by atoms with van der Waals surface area (Å²) in [5.41, 5.74) is 2.08. The second-order valence-electron chi connectivity index (χ2n) is 4.70. The molecular formula is C15H20N4OS. The minimum atomic E-state index is -0.231. The second kappa shape index (κ2) is 7.26. The van der Waals surface area contributed by atoms with Crippen LogP contribution in [0, 0.1) is 0 Å². The summed E-state index contributed by atoms with van der Waals surface area (Å²) in [6.45, 7) is 6.79. The first-order valence-electron chi connectivity index (χ1n) is 7.08. The Bertz CT molecular complexity index is 594. The van der Waals surface area contributed by atoms with Crippen molar-refractivity contribution in [2.24, 2.45) is 0 Å². The Kier molecular flexibility index (Phi) is 5.38. The Morgan fingerprint density at radius 3 is 2.67 bits per heavy atom. The molecule has 1 atom stereocenters. The highest BCUT2D eigenvalue weighted by molar-refractivity contribution is 8.00. The lowest BCUT2D eigenvalue weighted by molar-refractivity contribution is -0.115. The monoisotopic (exact) mass is 304 g/mol. The molecule has 0 radical (unpaired) electrons. The van der Waals surface area contributed by atoms with Gasteiger partial charge in [0.2, 0.25) is 5.91 Å². The highest BCUT2D eigenvalue weighted by Crippen LogP contribution is 2.22. The standard InChI is InChI=1S/C15H20N4OS/c1-4-12-6-8-13(9-7-12)17-14(20)11(3)21-15-18-16-10-19(15)5-2/h6-11H,4-5H2,1-3H3,(H,17,20)/t11-/m1/s1. The van der Waals surface area contributed by atoms with Crippen molar-refractivity contribution in [3.8, 4) is 0 Å². The Morgan fingerprint density at radius 2 is 2.05 bits per heavy atom. The molecular weight excluding hydrogens is 284 g/mol. The van der Waals surface area contributed by atoms with Gasteiger partial charge in [0, 0.05) is 12.2 Å². The summed E-state index contributed by atoms with van der Waals surface area (Å²) in [6, 6.07) is 7.92. The summed E-state index contributed by atoms with van der Waals surface area (Å²) in [5, 5.41) is 11.4. The zero-order valence-corrected chi connectivity index (χ0v) is 13.4. The lowest BCUT2D eigenvalue weighted by Gasteiger charge is -2.12. The van der Waals surface area contributed by atoms with Crippen LogP contribution in [0.5, 0.6) is 0 Å². The van der Waals surface area contributed by atoms with Crippen LogP contribution in [0.2, 0.25) is 0 Å². The fraction of sp³-hybridized carbons (Fsp3) is 0.400. The van der Waals surface area contributed by atoms with Crippen molar-refractivity contribution in [1.29, 1.82) is 0 Å². The van der Waals surface area contributed by atoms with E-state index in [1.807, 2.05) is 42.7 Å². The Morgan fingerprint density at radius 1 is 1.33 bits per heavy atom. The van der Waals surface area contributed by atoms with Gasteiger partial charge < -0.3 is 9.88 Å². The Balaban J connectivity index is 1.95. The van der Waals surface area contributed by atoms with Crippen LogP contribution in [0.3, 0.4) is 0 Å². The van der Waals surface area contributed by atoms with E-state index < -0.39 is 0 Å². The van der Waals surface area contributed by atoms with Gasteiger partial charge in [0.05, 0.1) is 5.25 Å². The number of anilines is 1. The van der Waals surface area contributed by atoms with Crippen LogP contribution >= 0.6 is 11.8 Å². The molecule has 0 fully saturated rings. The van der Waals surface area contributed by atoms with E-state index in [9.17, 15) is 4.79 Å². The molecule has 1 amide bonds. The van der Waals surface area contributed by atoms with Crippen LogP contribution in [0.25, 0.3) is 0 Å². The van der Waals surface area contributed by atoms with E-state index in [0.717, 1.165) is 23.8 Å². The molecule has 0 aliphatic rings. The van der Waals surface area contributed by atoms with Crippen molar-refractivity contribution in [3.05, 3.63) is 36.2 Å². The van der Waals surface area contributed by atoms with E-state index in [1.54, 1.807) is 6.33 Å². The first kappa shape index (κ1) is 15.6. The van der Waals surface area contributed by atoms with Crippen LogP contribution in [-0.2, 0) is 17.8 Å². The van der Waals surface area contributed by atoms with Gasteiger partial charge in [-0.2, -0.15) is 0 Å². The van der Waals surface area contributed by atoms with Gasteiger partial charge in [-0.15, -0.1) is 10.2 Å². The predicted octanol–water partition coefficient (Wildman–Crippen LogP) is 2.98. The molecule has 0 saturated heterocycles. The molecule has 21 heavy (non-hydrogen) atoms. The summed E-state index contributed by atoms with van der Waals surface area (Å²) < 4.78 is 1.92. The number of aryl methyl sites for hydroxylation is 2. The van der Waals surface area contributed by atoms with E-state index in [0.29, 0.717) is 0 Å². The molecule has 0 unspecified atom stereocenters. The number of carbonyl (C=O) groups is 1. The number of amides is 1. The van der Waals surface area contributed by atoms with Crippen LogP contribution in [0.1, 0.15) is 26.3 Å². The Labute approximate surface area is 129 Å². The lowest BCUT2D eigenvalue weighted by atomic mass is 10.1. The normalized spacial score (nSPS) is 12.1. The fourth-order valence-corrected chi connectivity index (χ4v) is 2.72. The maximum atomic E-state index is 12.2. The van der Waals surface area contributed by atoms with Crippen molar-refractivity contribution in [2.45, 2.75) is 44.1 Å². The molecule has 112 valence electrons. The topological polar surface area (TPSA) is 59.8 Å². The van der Waals surface area contributed by atoms with Crippen LogP contribution in [0.15, 0.2) is 35.7 Å². The predicted molar refractivity (Wildman–Crippen MR) is 85.5 cm³/mol. The van der Waals surface area contributed by atoms with E-state index in [2.05, 4.69) is 22.4 Å². The summed E-state index contributed by atoms with van der Waals surface area (Å²) in [4.78, 5) is 12.2. The molecule has 2 aromatic rings. The van der Waals surface area contributed by atoms with Gasteiger partial charge in [-0.25, -0.2) is 0 Å². The molecule has 0 saturated carbocycles. The van der Waals surface area contributed by atoms with Gasteiger partial charge in [0.25, 0.3) is 0 Å². The fourth-order valence-electron chi connectivity index (χ4n) is 1.83. The molecule has 0 bridgehead atoms. The average Bonchev–Trinajstić information content (AvgIpc) is 2.95. The van der Waals surface area contributed by atoms with E-state index in [-0.39, 0.29) is 11.2 Å². The van der Waals surface area contributed by atoms with Crippen molar-refractivity contribution in [2.75, 3.05) is 5.32 Å². The van der Waals surface area contributed by atoms with Gasteiger partial charge in [0.1, 0.15) is 6.33 Å². The van der Waals surface area contributed by atoms with Gasteiger partial charge in [-0.1, -0.05) is 30.8 Å². The minimum absolute atomic E-state index is 0.0325. The molecule has 5 nitrogen and oxygen atoms in total. The van der Waals surface area contributed by atoms with Gasteiger partial charge in [-0.3, -0.25) is 4.79 Å². The molecule has 1 N–H and O–H groups in total. The molecule has 0 aliphatic heterocycles. The third-order valence-electron chi connectivity index (χ3n) is 3.20. The van der Waals surface area contributed by atoms with Gasteiger partial charge >= 0.3 is 0 Å². The number of rotatable bonds is 6. The van der Waals surface area contributed by atoms with Gasteiger partial charge in [-0.05, 0) is 38.0 Å². The average molecular weight is 304 g/mol. The largest absolute Gasteiger partial charge is 0.325 e. The molecule has 0 aliphatic carbocycles. The van der Waals surface area contributed by atoms with E-state index >= 15 is 0 Å². The maximum absolute atomic E-state index is 12.2. The zero-order chi connectivity index (χ0) is 15.2. The summed E-state index contributed by atoms with van der Waals surface area (Å²) in [7, 11) is 0. The highest BCUT2D eigenvalue weighted by atomic mass is 32.2. The molecule has 1 heterocycles. The SMILES string of the molecule is CCc1ccc(NC(=O)[C@@H](C)Sc2nncn2CC)cc1. The van der Waals surface area contributed by atoms with Crippen molar-refractivity contribution in [1.82, 2.24) is 14.8 Å². The maximum Gasteiger partial charge on any atom is 0.237 e. The first-order valence-corrected chi connectivity index (χ1v) is 7.96. The van der Waals surface area contributed by atoms with E-state index in [1.165, 1.54) is 17.3 Å². The van der Waals surface area contributed by atoms with E-state index in [4.69, 9.17) is 0 Å². The second-order valence-corrected chi connectivity index (χ2v) is 6.01. The zero-order valence-electron chi connectivity index (χ0n) is 12.5. The number of thioether (sulfide) groups is 1. The van der Waals surface area contributed by atoms with Crippen molar-refractivity contribution >= 4 is 23.4 Å². The third kappa shape index (κ3) is 4.07. The number of benzene rings is 1. The number of carbonyl (C=O) groups excluding carboxylic acids is 1. The summed E-state index contributed by atoms with van der Waals surface area (Å²) in [6.07, 6.45) is 2.67. The lowest BCUT2D eigenvalue weighted by Crippen LogP contribution is -2.22. The van der Waals surface area contributed by atoms with Crippen LogP contribution in [0.4, 0.5) is 5.69 Å². The molecule has 6 heteroatoms. The molecule has 1 aromatic heterocycles. The smallest absolute Gasteiger partial charge is 0.237 e. The number of nitrogens with zero attached hydrogens (tertiary/aromatic N) is 3. The molecule has 0 spiro atoms.